The number of hydrogen-bond donors (Lipinski definition) is 1. The van der Waals surface area contributed by atoms with E-state index in [9.17, 15) is 0 Å². The maximum atomic E-state index is 3.64. The van der Waals surface area contributed by atoms with Crippen LogP contribution in [0.15, 0.2) is 0 Å². The van der Waals surface area contributed by atoms with E-state index in [-0.39, 0.29) is 5.54 Å². The van der Waals surface area contributed by atoms with Gasteiger partial charge in [0, 0.05) is 24.7 Å². The molecule has 0 aliphatic carbocycles. The molecule has 19 heavy (non-hydrogen) atoms. The maximum absolute atomic E-state index is 3.64. The second kappa shape index (κ2) is 6.55. The monoisotopic (exact) mass is 269 g/mol. The summed E-state index contributed by atoms with van der Waals surface area (Å²) < 4.78 is 0. The van der Waals surface area contributed by atoms with E-state index in [1.165, 1.54) is 32.5 Å². The first-order chi connectivity index (χ1) is 8.59. The number of nitrogens with zero attached hydrogens (tertiary/aromatic N) is 2. The molecule has 0 saturated carbocycles. The fraction of sp³-hybridized carbons (Fsp3) is 1.00. The van der Waals surface area contributed by atoms with Crippen molar-refractivity contribution >= 4 is 0 Å². The zero-order valence-electron chi connectivity index (χ0n) is 14.2. The number of likely N-dealkylation sites (tertiary alicyclic amines) is 1. The summed E-state index contributed by atoms with van der Waals surface area (Å²) >= 11 is 0. The molecule has 1 heterocycles. The van der Waals surface area contributed by atoms with E-state index in [0.29, 0.717) is 5.41 Å². The van der Waals surface area contributed by atoms with Gasteiger partial charge in [0.15, 0.2) is 0 Å². The van der Waals surface area contributed by atoms with Crippen molar-refractivity contribution in [1.82, 2.24) is 15.1 Å². The molecule has 1 fully saturated rings. The molecule has 1 aliphatic rings. The molecule has 3 heteroatoms. The van der Waals surface area contributed by atoms with Crippen LogP contribution in [0.25, 0.3) is 0 Å². The Kier molecular flexibility index (Phi) is 5.84. The van der Waals surface area contributed by atoms with Gasteiger partial charge in [0.2, 0.25) is 0 Å². The molecule has 0 aromatic rings. The number of rotatable bonds is 5. The minimum atomic E-state index is 0.217. The Hall–Kier alpha value is -0.120. The summed E-state index contributed by atoms with van der Waals surface area (Å²) in [7, 11) is 4.41. The Bertz CT molecular complexity index is 258. The molecule has 0 amide bonds. The molecule has 1 saturated heterocycles. The first-order valence-corrected chi connectivity index (χ1v) is 7.73. The van der Waals surface area contributed by atoms with Crippen molar-refractivity contribution in [2.45, 2.75) is 59.0 Å². The van der Waals surface area contributed by atoms with Crippen molar-refractivity contribution in [1.29, 1.82) is 0 Å². The molecule has 0 radical (unpaired) electrons. The minimum Gasteiger partial charge on any atom is -0.311 e. The van der Waals surface area contributed by atoms with Crippen LogP contribution in [0.1, 0.15) is 47.5 Å². The van der Waals surface area contributed by atoms with Gasteiger partial charge in [0.1, 0.15) is 0 Å². The standard InChI is InChI=1S/C16H35N3/c1-15(2,3)17-12-16(4,5)13-19-10-8-14(9-11-19)18(6)7/h14,17H,8-13H2,1-7H3. The minimum absolute atomic E-state index is 0.217. The largest absolute Gasteiger partial charge is 0.311 e. The van der Waals surface area contributed by atoms with Crippen molar-refractivity contribution in [3.05, 3.63) is 0 Å². The third-order valence-corrected chi connectivity index (χ3v) is 4.04. The molecular weight excluding hydrogens is 234 g/mol. The molecule has 3 nitrogen and oxygen atoms in total. The van der Waals surface area contributed by atoms with E-state index in [1.54, 1.807) is 0 Å². The van der Waals surface area contributed by atoms with E-state index >= 15 is 0 Å². The normalized spacial score (nSPS) is 20.2. The van der Waals surface area contributed by atoms with Gasteiger partial charge in [-0.1, -0.05) is 13.8 Å². The Balaban J connectivity index is 2.34. The highest BCUT2D eigenvalue weighted by Gasteiger charge is 2.27. The van der Waals surface area contributed by atoms with Crippen LogP contribution in [0, 0.1) is 5.41 Å². The highest BCUT2D eigenvalue weighted by atomic mass is 15.2. The lowest BCUT2D eigenvalue weighted by Crippen LogP contribution is -2.49. The van der Waals surface area contributed by atoms with Crippen LogP contribution in [0.3, 0.4) is 0 Å². The Morgan fingerprint density at radius 2 is 1.58 bits per heavy atom. The average Bonchev–Trinajstić information content (AvgIpc) is 2.26. The van der Waals surface area contributed by atoms with E-state index in [2.05, 4.69) is 63.8 Å². The first kappa shape index (κ1) is 16.9. The van der Waals surface area contributed by atoms with Gasteiger partial charge < -0.3 is 15.1 Å². The van der Waals surface area contributed by atoms with Crippen molar-refractivity contribution in [3.8, 4) is 0 Å². The third-order valence-electron chi connectivity index (χ3n) is 4.04. The third kappa shape index (κ3) is 6.73. The molecule has 0 bridgehead atoms. The van der Waals surface area contributed by atoms with E-state index in [4.69, 9.17) is 0 Å². The zero-order valence-corrected chi connectivity index (χ0v) is 14.2. The van der Waals surface area contributed by atoms with Gasteiger partial charge in [-0.25, -0.2) is 0 Å². The fourth-order valence-corrected chi connectivity index (χ4v) is 2.76. The van der Waals surface area contributed by atoms with Gasteiger partial charge in [-0.05, 0) is 66.2 Å². The highest BCUT2D eigenvalue weighted by Crippen LogP contribution is 2.21. The van der Waals surface area contributed by atoms with Crippen LogP contribution in [-0.2, 0) is 0 Å². The first-order valence-electron chi connectivity index (χ1n) is 7.73. The van der Waals surface area contributed by atoms with E-state index in [1.807, 2.05) is 0 Å². The quantitative estimate of drug-likeness (QED) is 0.827. The molecular formula is C16H35N3. The zero-order chi connectivity index (χ0) is 14.7. The molecule has 1 rings (SSSR count). The molecule has 0 aromatic carbocycles. The number of piperidine rings is 1. The van der Waals surface area contributed by atoms with Crippen molar-refractivity contribution in [2.24, 2.45) is 5.41 Å². The van der Waals surface area contributed by atoms with Crippen LogP contribution in [0.5, 0.6) is 0 Å². The molecule has 0 atom stereocenters. The average molecular weight is 269 g/mol. The van der Waals surface area contributed by atoms with Gasteiger partial charge in [0.05, 0.1) is 0 Å². The van der Waals surface area contributed by atoms with Gasteiger partial charge in [-0.15, -0.1) is 0 Å². The van der Waals surface area contributed by atoms with E-state index < -0.39 is 0 Å². The Morgan fingerprint density at radius 1 is 1.05 bits per heavy atom. The number of hydrogen-bond acceptors (Lipinski definition) is 3. The topological polar surface area (TPSA) is 18.5 Å². The molecule has 0 unspecified atom stereocenters. The smallest absolute Gasteiger partial charge is 0.0113 e. The van der Waals surface area contributed by atoms with Crippen molar-refractivity contribution in [3.63, 3.8) is 0 Å². The fourth-order valence-electron chi connectivity index (χ4n) is 2.76. The van der Waals surface area contributed by atoms with E-state index in [0.717, 1.165) is 12.6 Å². The van der Waals surface area contributed by atoms with Gasteiger partial charge in [0.25, 0.3) is 0 Å². The van der Waals surface area contributed by atoms with Gasteiger partial charge >= 0.3 is 0 Å². The van der Waals surface area contributed by atoms with Crippen LogP contribution in [-0.4, -0.2) is 61.7 Å². The summed E-state index contributed by atoms with van der Waals surface area (Å²) in [6, 6.07) is 0.784. The molecule has 114 valence electrons. The second-order valence-electron chi connectivity index (χ2n) is 8.24. The van der Waals surface area contributed by atoms with Crippen LogP contribution in [0.4, 0.5) is 0 Å². The molecule has 1 aliphatic heterocycles. The highest BCUT2D eigenvalue weighted by molar-refractivity contribution is 4.84. The molecule has 0 spiro atoms. The van der Waals surface area contributed by atoms with Gasteiger partial charge in [-0.2, -0.15) is 0 Å². The summed E-state index contributed by atoms with van der Waals surface area (Å²) in [5, 5.41) is 3.64. The number of nitrogens with one attached hydrogen (secondary N) is 1. The summed E-state index contributed by atoms with van der Waals surface area (Å²) in [6.07, 6.45) is 2.63. The summed E-state index contributed by atoms with van der Waals surface area (Å²) in [4.78, 5) is 5.02. The lowest BCUT2D eigenvalue weighted by atomic mass is 9.90. The lowest BCUT2D eigenvalue weighted by molar-refractivity contribution is 0.104. The Morgan fingerprint density at radius 3 is 2.00 bits per heavy atom. The maximum Gasteiger partial charge on any atom is 0.0113 e. The SMILES string of the molecule is CN(C)C1CCN(CC(C)(C)CNC(C)(C)C)CC1. The van der Waals surface area contributed by atoms with Crippen molar-refractivity contribution in [2.75, 3.05) is 40.3 Å². The van der Waals surface area contributed by atoms with Crippen LogP contribution >= 0.6 is 0 Å². The summed E-state index contributed by atoms with van der Waals surface area (Å²) in [5.74, 6) is 0. The summed E-state index contributed by atoms with van der Waals surface area (Å²) in [5.41, 5.74) is 0.563. The molecule has 1 N–H and O–H groups in total. The predicted octanol–water partition coefficient (Wildman–Crippen LogP) is 2.43. The predicted molar refractivity (Wildman–Crippen MR) is 84.7 cm³/mol. The van der Waals surface area contributed by atoms with Crippen LogP contribution in [0.2, 0.25) is 0 Å². The van der Waals surface area contributed by atoms with Gasteiger partial charge in [-0.3, -0.25) is 0 Å². The van der Waals surface area contributed by atoms with Crippen molar-refractivity contribution < 1.29 is 0 Å². The second-order valence-corrected chi connectivity index (χ2v) is 8.24. The molecule has 0 aromatic heterocycles. The van der Waals surface area contributed by atoms with Crippen LogP contribution < -0.4 is 5.32 Å². The lowest BCUT2D eigenvalue weighted by Gasteiger charge is -2.40. The Labute approximate surface area is 120 Å². The summed E-state index contributed by atoms with van der Waals surface area (Å²) in [6.45, 7) is 16.3.